The zero-order valence-electron chi connectivity index (χ0n) is 12.2. The smallest absolute Gasteiger partial charge is 0.278 e. The predicted octanol–water partition coefficient (Wildman–Crippen LogP) is 2.12. The zero-order valence-corrected chi connectivity index (χ0v) is 12.2. The number of aromatic nitrogens is 1. The van der Waals surface area contributed by atoms with Gasteiger partial charge in [0, 0.05) is 36.5 Å². The normalized spacial score (nSPS) is 20.1. The van der Waals surface area contributed by atoms with Crippen molar-refractivity contribution in [3.8, 4) is 0 Å². The standard InChI is InChI=1S/C14H21N3O3/c1-9-6-16-13(10(2)14(9)17(18)19)7-15-11(3)12-4-5-20-8-12/h6,11-12,15H,4-5,7-8H2,1-3H3. The predicted molar refractivity (Wildman–Crippen MR) is 75.6 cm³/mol. The average molecular weight is 279 g/mol. The summed E-state index contributed by atoms with van der Waals surface area (Å²) < 4.78 is 5.38. The van der Waals surface area contributed by atoms with Crippen LogP contribution < -0.4 is 5.32 Å². The summed E-state index contributed by atoms with van der Waals surface area (Å²) in [6.45, 7) is 7.76. The Bertz CT molecular complexity index is 499. The molecule has 0 aliphatic carbocycles. The van der Waals surface area contributed by atoms with E-state index >= 15 is 0 Å². The first-order valence-electron chi connectivity index (χ1n) is 6.91. The van der Waals surface area contributed by atoms with Gasteiger partial charge >= 0.3 is 0 Å². The van der Waals surface area contributed by atoms with Gasteiger partial charge in [0.15, 0.2) is 0 Å². The van der Waals surface area contributed by atoms with Crippen molar-refractivity contribution in [3.63, 3.8) is 0 Å². The Morgan fingerprint density at radius 3 is 2.95 bits per heavy atom. The number of nitrogens with zero attached hydrogens (tertiary/aromatic N) is 2. The molecule has 6 nitrogen and oxygen atoms in total. The first kappa shape index (κ1) is 14.9. The quantitative estimate of drug-likeness (QED) is 0.660. The molecule has 2 heterocycles. The molecule has 0 radical (unpaired) electrons. The maximum absolute atomic E-state index is 11.1. The number of hydrogen-bond donors (Lipinski definition) is 1. The van der Waals surface area contributed by atoms with E-state index in [1.165, 1.54) is 0 Å². The molecule has 6 heteroatoms. The van der Waals surface area contributed by atoms with Crippen molar-refractivity contribution in [2.75, 3.05) is 13.2 Å². The van der Waals surface area contributed by atoms with Crippen LogP contribution in [0.5, 0.6) is 0 Å². The number of nitro groups is 1. The summed E-state index contributed by atoms with van der Waals surface area (Å²) in [7, 11) is 0. The fourth-order valence-corrected chi connectivity index (χ4v) is 2.60. The highest BCUT2D eigenvalue weighted by Gasteiger charge is 2.23. The Hall–Kier alpha value is -1.53. The van der Waals surface area contributed by atoms with Crippen molar-refractivity contribution in [1.29, 1.82) is 0 Å². The molecule has 1 saturated heterocycles. The Labute approximate surface area is 118 Å². The van der Waals surface area contributed by atoms with Gasteiger partial charge in [-0.15, -0.1) is 0 Å². The number of ether oxygens (including phenoxy) is 1. The number of rotatable bonds is 5. The van der Waals surface area contributed by atoms with Crippen LogP contribution in [0.15, 0.2) is 6.20 Å². The Morgan fingerprint density at radius 1 is 1.60 bits per heavy atom. The summed E-state index contributed by atoms with van der Waals surface area (Å²) in [5.41, 5.74) is 2.17. The minimum atomic E-state index is -0.329. The highest BCUT2D eigenvalue weighted by Crippen LogP contribution is 2.24. The summed E-state index contributed by atoms with van der Waals surface area (Å²) in [4.78, 5) is 15.1. The lowest BCUT2D eigenvalue weighted by molar-refractivity contribution is -0.386. The van der Waals surface area contributed by atoms with E-state index < -0.39 is 0 Å². The first-order valence-corrected chi connectivity index (χ1v) is 6.91. The largest absolute Gasteiger partial charge is 0.381 e. The highest BCUT2D eigenvalue weighted by molar-refractivity contribution is 5.47. The lowest BCUT2D eigenvalue weighted by Gasteiger charge is -2.19. The number of nitrogens with one attached hydrogen (secondary N) is 1. The number of hydrogen-bond acceptors (Lipinski definition) is 5. The minimum Gasteiger partial charge on any atom is -0.381 e. The maximum atomic E-state index is 11.1. The molecule has 1 aliphatic rings. The van der Waals surface area contributed by atoms with Gasteiger partial charge in [-0.1, -0.05) is 0 Å². The fourth-order valence-electron chi connectivity index (χ4n) is 2.60. The molecular weight excluding hydrogens is 258 g/mol. The van der Waals surface area contributed by atoms with Gasteiger partial charge in [-0.2, -0.15) is 0 Å². The average Bonchev–Trinajstić information content (AvgIpc) is 2.91. The molecule has 20 heavy (non-hydrogen) atoms. The second kappa shape index (κ2) is 6.28. The summed E-state index contributed by atoms with van der Waals surface area (Å²) in [5.74, 6) is 0.510. The van der Waals surface area contributed by atoms with Crippen molar-refractivity contribution in [2.45, 2.75) is 39.8 Å². The lowest BCUT2D eigenvalue weighted by atomic mass is 10.0. The van der Waals surface area contributed by atoms with Crippen molar-refractivity contribution >= 4 is 5.69 Å². The van der Waals surface area contributed by atoms with Crippen molar-refractivity contribution in [3.05, 3.63) is 33.1 Å². The molecule has 0 bridgehead atoms. The summed E-state index contributed by atoms with van der Waals surface area (Å²) >= 11 is 0. The molecule has 2 unspecified atom stereocenters. The van der Waals surface area contributed by atoms with Gasteiger partial charge in [0.2, 0.25) is 0 Å². The Morgan fingerprint density at radius 2 is 2.35 bits per heavy atom. The Kier molecular flexibility index (Phi) is 4.67. The number of pyridine rings is 1. The third kappa shape index (κ3) is 3.13. The molecule has 2 atom stereocenters. The van der Waals surface area contributed by atoms with Crippen LogP contribution >= 0.6 is 0 Å². The fraction of sp³-hybridized carbons (Fsp3) is 0.643. The molecule has 110 valence electrons. The highest BCUT2D eigenvalue weighted by atomic mass is 16.6. The van der Waals surface area contributed by atoms with Gasteiger partial charge in [0.05, 0.1) is 17.2 Å². The lowest BCUT2D eigenvalue weighted by Crippen LogP contribution is -2.33. The van der Waals surface area contributed by atoms with Crippen molar-refractivity contribution < 1.29 is 9.66 Å². The van der Waals surface area contributed by atoms with E-state index in [4.69, 9.17) is 4.74 Å². The van der Waals surface area contributed by atoms with Crippen LogP contribution in [0.2, 0.25) is 0 Å². The third-order valence-electron chi connectivity index (χ3n) is 4.02. The van der Waals surface area contributed by atoms with E-state index in [0.717, 1.165) is 25.3 Å². The molecule has 0 spiro atoms. The topological polar surface area (TPSA) is 77.3 Å². The van der Waals surface area contributed by atoms with Crippen LogP contribution in [0.4, 0.5) is 5.69 Å². The molecule has 1 N–H and O–H groups in total. The van der Waals surface area contributed by atoms with Gasteiger partial charge in [0.25, 0.3) is 5.69 Å². The molecule has 0 aromatic carbocycles. The van der Waals surface area contributed by atoms with Gasteiger partial charge in [-0.25, -0.2) is 0 Å². The first-order chi connectivity index (χ1) is 9.50. The van der Waals surface area contributed by atoms with Crippen molar-refractivity contribution in [1.82, 2.24) is 10.3 Å². The van der Waals surface area contributed by atoms with E-state index in [0.29, 0.717) is 29.6 Å². The summed E-state index contributed by atoms with van der Waals surface area (Å²) in [6, 6.07) is 0.319. The van der Waals surface area contributed by atoms with Gasteiger partial charge < -0.3 is 10.1 Å². The maximum Gasteiger partial charge on any atom is 0.278 e. The van der Waals surface area contributed by atoms with E-state index in [1.54, 1.807) is 20.0 Å². The van der Waals surface area contributed by atoms with Crippen LogP contribution in [0, 0.1) is 29.9 Å². The van der Waals surface area contributed by atoms with Gasteiger partial charge in [-0.05, 0) is 33.1 Å². The monoisotopic (exact) mass is 279 g/mol. The Balaban J connectivity index is 2.06. The molecule has 1 aromatic heterocycles. The van der Waals surface area contributed by atoms with Gasteiger partial charge in [0.1, 0.15) is 0 Å². The summed E-state index contributed by atoms with van der Waals surface area (Å²) in [6.07, 6.45) is 2.64. The van der Waals surface area contributed by atoms with E-state index in [2.05, 4.69) is 17.2 Å². The second-order valence-corrected chi connectivity index (χ2v) is 5.41. The molecule has 1 fully saturated rings. The molecule has 2 rings (SSSR count). The number of aryl methyl sites for hydroxylation is 1. The van der Waals surface area contributed by atoms with Crippen LogP contribution in [0.3, 0.4) is 0 Å². The SMILES string of the molecule is Cc1cnc(CNC(C)C2CCOC2)c(C)c1[N+](=O)[O-]. The van der Waals surface area contributed by atoms with E-state index in [9.17, 15) is 10.1 Å². The third-order valence-corrected chi connectivity index (χ3v) is 4.02. The van der Waals surface area contributed by atoms with Crippen LogP contribution in [0.1, 0.15) is 30.2 Å². The van der Waals surface area contributed by atoms with Crippen molar-refractivity contribution in [2.24, 2.45) is 5.92 Å². The van der Waals surface area contributed by atoms with E-state index in [-0.39, 0.29) is 10.6 Å². The molecular formula is C14H21N3O3. The van der Waals surface area contributed by atoms with Gasteiger partial charge in [-0.3, -0.25) is 15.1 Å². The molecule has 0 amide bonds. The van der Waals surface area contributed by atoms with E-state index in [1.807, 2.05) is 0 Å². The summed E-state index contributed by atoms with van der Waals surface area (Å²) in [5, 5.41) is 14.5. The molecule has 0 saturated carbocycles. The van der Waals surface area contributed by atoms with Crippen LogP contribution in [0.25, 0.3) is 0 Å². The minimum absolute atomic E-state index is 0.175. The molecule has 1 aromatic rings. The molecule has 1 aliphatic heterocycles. The second-order valence-electron chi connectivity index (χ2n) is 5.41. The zero-order chi connectivity index (χ0) is 14.7. The van der Waals surface area contributed by atoms with Crippen LogP contribution in [-0.4, -0.2) is 29.2 Å². The van der Waals surface area contributed by atoms with Crippen LogP contribution in [-0.2, 0) is 11.3 Å².